The van der Waals surface area contributed by atoms with Gasteiger partial charge in [-0.3, -0.25) is 4.90 Å². The fourth-order valence-corrected chi connectivity index (χ4v) is 3.51. The van der Waals surface area contributed by atoms with E-state index >= 15 is 0 Å². The van der Waals surface area contributed by atoms with E-state index in [1.165, 1.54) is 51.5 Å². The molecule has 0 bridgehead atoms. The van der Waals surface area contributed by atoms with Crippen molar-refractivity contribution < 1.29 is 0 Å². The van der Waals surface area contributed by atoms with Gasteiger partial charge in [-0.05, 0) is 51.0 Å². The molecular formula is C14H28N2. The SMILES string of the molecule is CCC1CCC(CN)(N(C)CC2CCC2)C1. The minimum absolute atomic E-state index is 0.344. The molecule has 2 fully saturated rings. The molecule has 2 saturated carbocycles. The molecule has 2 heteroatoms. The van der Waals surface area contributed by atoms with Crippen LogP contribution in [0.5, 0.6) is 0 Å². The largest absolute Gasteiger partial charge is 0.329 e. The Labute approximate surface area is 101 Å². The molecule has 0 aromatic rings. The summed E-state index contributed by atoms with van der Waals surface area (Å²) in [6.45, 7) is 4.46. The van der Waals surface area contributed by atoms with Gasteiger partial charge in [0.05, 0.1) is 0 Å². The van der Waals surface area contributed by atoms with Crippen molar-refractivity contribution >= 4 is 0 Å². The number of nitrogens with zero attached hydrogens (tertiary/aromatic N) is 1. The Balaban J connectivity index is 1.92. The van der Waals surface area contributed by atoms with Crippen LogP contribution in [0.1, 0.15) is 51.9 Å². The van der Waals surface area contributed by atoms with E-state index in [4.69, 9.17) is 5.73 Å². The second kappa shape index (κ2) is 5.05. The average molecular weight is 224 g/mol. The van der Waals surface area contributed by atoms with Gasteiger partial charge < -0.3 is 5.73 Å². The van der Waals surface area contributed by atoms with Gasteiger partial charge in [-0.25, -0.2) is 0 Å². The Kier molecular flexibility index (Phi) is 3.91. The maximum Gasteiger partial charge on any atom is 0.0331 e. The predicted octanol–water partition coefficient (Wildman–Crippen LogP) is 2.63. The van der Waals surface area contributed by atoms with Gasteiger partial charge in [0.25, 0.3) is 0 Å². The first kappa shape index (κ1) is 12.4. The topological polar surface area (TPSA) is 29.3 Å². The van der Waals surface area contributed by atoms with Crippen LogP contribution in [0.25, 0.3) is 0 Å². The lowest BCUT2D eigenvalue weighted by Crippen LogP contribution is -2.52. The van der Waals surface area contributed by atoms with Crippen molar-refractivity contribution in [2.45, 2.75) is 57.4 Å². The number of hydrogen-bond donors (Lipinski definition) is 1. The molecule has 2 aliphatic carbocycles. The van der Waals surface area contributed by atoms with Crippen LogP contribution >= 0.6 is 0 Å². The highest BCUT2D eigenvalue weighted by Gasteiger charge is 2.41. The highest BCUT2D eigenvalue weighted by molar-refractivity contribution is 4.98. The zero-order valence-electron chi connectivity index (χ0n) is 11.0. The second-order valence-corrected chi connectivity index (χ2v) is 6.12. The van der Waals surface area contributed by atoms with Gasteiger partial charge in [0.2, 0.25) is 0 Å². The summed E-state index contributed by atoms with van der Waals surface area (Å²) in [4.78, 5) is 2.60. The molecule has 2 atom stereocenters. The van der Waals surface area contributed by atoms with E-state index in [0.29, 0.717) is 5.54 Å². The molecule has 0 spiro atoms. The van der Waals surface area contributed by atoms with E-state index in [1.54, 1.807) is 0 Å². The Morgan fingerprint density at radius 1 is 1.25 bits per heavy atom. The van der Waals surface area contributed by atoms with Crippen molar-refractivity contribution in [3.8, 4) is 0 Å². The fourth-order valence-electron chi connectivity index (χ4n) is 3.51. The van der Waals surface area contributed by atoms with E-state index in [1.807, 2.05) is 0 Å². The smallest absolute Gasteiger partial charge is 0.0331 e. The van der Waals surface area contributed by atoms with Crippen molar-refractivity contribution in [3.63, 3.8) is 0 Å². The molecule has 0 saturated heterocycles. The second-order valence-electron chi connectivity index (χ2n) is 6.12. The van der Waals surface area contributed by atoms with Gasteiger partial charge in [-0.1, -0.05) is 19.8 Å². The maximum atomic E-state index is 6.08. The van der Waals surface area contributed by atoms with Crippen molar-refractivity contribution in [1.29, 1.82) is 0 Å². The zero-order chi connectivity index (χ0) is 11.6. The van der Waals surface area contributed by atoms with Crippen molar-refractivity contribution in [2.24, 2.45) is 17.6 Å². The first-order chi connectivity index (χ1) is 7.70. The van der Waals surface area contributed by atoms with E-state index in [-0.39, 0.29) is 0 Å². The van der Waals surface area contributed by atoms with Crippen LogP contribution in [-0.4, -0.2) is 30.6 Å². The first-order valence-electron chi connectivity index (χ1n) is 7.11. The van der Waals surface area contributed by atoms with Crippen molar-refractivity contribution in [3.05, 3.63) is 0 Å². The van der Waals surface area contributed by atoms with Crippen molar-refractivity contribution in [2.75, 3.05) is 20.1 Å². The predicted molar refractivity (Wildman–Crippen MR) is 69.4 cm³/mol. The minimum Gasteiger partial charge on any atom is -0.329 e. The Morgan fingerprint density at radius 3 is 2.44 bits per heavy atom. The van der Waals surface area contributed by atoms with Crippen LogP contribution < -0.4 is 5.73 Å². The summed E-state index contributed by atoms with van der Waals surface area (Å²) in [5.41, 5.74) is 6.42. The Hall–Kier alpha value is -0.0800. The van der Waals surface area contributed by atoms with Crippen LogP contribution in [0, 0.1) is 11.8 Å². The van der Waals surface area contributed by atoms with Crippen molar-refractivity contribution in [1.82, 2.24) is 4.90 Å². The molecular weight excluding hydrogens is 196 g/mol. The number of rotatable bonds is 5. The highest BCUT2D eigenvalue weighted by Crippen LogP contribution is 2.40. The van der Waals surface area contributed by atoms with Crippen LogP contribution in [0.4, 0.5) is 0 Å². The Bertz CT molecular complexity index is 225. The lowest BCUT2D eigenvalue weighted by atomic mass is 9.83. The van der Waals surface area contributed by atoms with E-state index in [9.17, 15) is 0 Å². The molecule has 0 aromatic carbocycles. The molecule has 0 amide bonds. The molecule has 2 nitrogen and oxygen atoms in total. The number of nitrogens with two attached hydrogens (primary N) is 1. The third-order valence-electron chi connectivity index (χ3n) is 5.21. The quantitative estimate of drug-likeness (QED) is 0.778. The summed E-state index contributed by atoms with van der Waals surface area (Å²) in [5.74, 6) is 1.89. The summed E-state index contributed by atoms with van der Waals surface area (Å²) in [7, 11) is 2.31. The number of likely N-dealkylation sites (N-methyl/N-ethyl adjacent to an activating group) is 1. The lowest BCUT2D eigenvalue weighted by molar-refractivity contribution is 0.0858. The van der Waals surface area contributed by atoms with Crippen LogP contribution in [0.2, 0.25) is 0 Å². The van der Waals surface area contributed by atoms with Gasteiger partial charge in [0.15, 0.2) is 0 Å². The lowest BCUT2D eigenvalue weighted by Gasteiger charge is -2.42. The molecule has 2 rings (SSSR count). The van der Waals surface area contributed by atoms with Crippen LogP contribution in [0.3, 0.4) is 0 Å². The molecule has 0 heterocycles. The summed E-state index contributed by atoms with van der Waals surface area (Å²) >= 11 is 0. The normalized spacial score (nSPS) is 35.6. The summed E-state index contributed by atoms with van der Waals surface area (Å²) in [5, 5.41) is 0. The minimum atomic E-state index is 0.344. The molecule has 0 radical (unpaired) electrons. The van der Waals surface area contributed by atoms with Gasteiger partial charge in [0.1, 0.15) is 0 Å². The molecule has 2 N–H and O–H groups in total. The maximum absolute atomic E-state index is 6.08. The third-order valence-corrected chi connectivity index (χ3v) is 5.21. The van der Waals surface area contributed by atoms with Gasteiger partial charge in [0, 0.05) is 18.6 Å². The number of hydrogen-bond acceptors (Lipinski definition) is 2. The van der Waals surface area contributed by atoms with Gasteiger partial charge in [-0.2, -0.15) is 0 Å². The summed E-state index contributed by atoms with van der Waals surface area (Å²) < 4.78 is 0. The molecule has 0 aliphatic heterocycles. The Morgan fingerprint density at radius 2 is 2.00 bits per heavy atom. The molecule has 94 valence electrons. The molecule has 2 aliphatic rings. The van der Waals surface area contributed by atoms with Gasteiger partial charge in [-0.15, -0.1) is 0 Å². The van der Waals surface area contributed by atoms with Crippen LogP contribution in [-0.2, 0) is 0 Å². The monoisotopic (exact) mass is 224 g/mol. The molecule has 0 aromatic heterocycles. The molecule has 2 unspecified atom stereocenters. The van der Waals surface area contributed by atoms with Gasteiger partial charge >= 0.3 is 0 Å². The van der Waals surface area contributed by atoms with Crippen LogP contribution in [0.15, 0.2) is 0 Å². The molecule has 16 heavy (non-hydrogen) atoms. The zero-order valence-corrected chi connectivity index (χ0v) is 11.0. The summed E-state index contributed by atoms with van der Waals surface area (Å²) in [6, 6.07) is 0. The van der Waals surface area contributed by atoms with E-state index in [2.05, 4.69) is 18.9 Å². The fraction of sp³-hybridized carbons (Fsp3) is 1.00. The highest BCUT2D eigenvalue weighted by atomic mass is 15.2. The third kappa shape index (κ3) is 2.28. The van der Waals surface area contributed by atoms with E-state index in [0.717, 1.165) is 18.4 Å². The summed E-state index contributed by atoms with van der Waals surface area (Å²) in [6.07, 6.45) is 9.73. The first-order valence-corrected chi connectivity index (χ1v) is 7.11. The standard InChI is InChI=1S/C14H28N2/c1-3-12-7-8-14(9-12,11-15)16(2)10-13-5-4-6-13/h12-13H,3-11,15H2,1-2H3. The average Bonchev–Trinajstić information content (AvgIpc) is 2.68. The van der Waals surface area contributed by atoms with E-state index < -0.39 is 0 Å².